The minimum absolute atomic E-state index is 0.155. The zero-order chi connectivity index (χ0) is 22.4. The maximum Gasteiger partial charge on any atom is 0.243 e. The van der Waals surface area contributed by atoms with Gasteiger partial charge in [-0.15, -0.1) is 11.3 Å². The lowest BCUT2D eigenvalue weighted by Crippen LogP contribution is -2.49. The Hall–Kier alpha value is -2.65. The number of hydrogen-bond acceptors (Lipinski definition) is 8. The molecular weight excluding hydrogens is 440 g/mol. The summed E-state index contributed by atoms with van der Waals surface area (Å²) in [6.45, 7) is 2.25. The first-order valence-electron chi connectivity index (χ1n) is 9.61. The van der Waals surface area contributed by atoms with Gasteiger partial charge in [-0.1, -0.05) is 0 Å². The van der Waals surface area contributed by atoms with Gasteiger partial charge in [-0.3, -0.25) is 4.79 Å². The highest BCUT2D eigenvalue weighted by Crippen LogP contribution is 2.31. The summed E-state index contributed by atoms with van der Waals surface area (Å²) in [6.07, 6.45) is 0.269. The first-order chi connectivity index (χ1) is 14.9. The normalized spacial score (nSPS) is 15.3. The minimum Gasteiger partial charge on any atom is -0.493 e. The van der Waals surface area contributed by atoms with E-state index in [-0.39, 0.29) is 17.2 Å². The van der Waals surface area contributed by atoms with E-state index in [1.54, 1.807) is 17.5 Å². The molecule has 0 bridgehead atoms. The van der Waals surface area contributed by atoms with E-state index in [0.717, 1.165) is 0 Å². The average molecular weight is 465 g/mol. The molecule has 0 atom stereocenters. The van der Waals surface area contributed by atoms with Crippen molar-refractivity contribution in [2.45, 2.75) is 11.3 Å². The lowest BCUT2D eigenvalue weighted by Gasteiger charge is -2.33. The molecule has 0 aliphatic carbocycles. The Morgan fingerprint density at radius 1 is 1.16 bits per heavy atom. The van der Waals surface area contributed by atoms with Gasteiger partial charge in [-0.25, -0.2) is 8.42 Å². The van der Waals surface area contributed by atoms with Crippen LogP contribution in [0.3, 0.4) is 0 Å². The summed E-state index contributed by atoms with van der Waals surface area (Å²) in [6, 6.07) is 8.25. The van der Waals surface area contributed by atoms with Gasteiger partial charge in [0.15, 0.2) is 11.5 Å². The summed E-state index contributed by atoms with van der Waals surface area (Å²) >= 11 is 1.31. The molecule has 1 N–H and O–H groups in total. The summed E-state index contributed by atoms with van der Waals surface area (Å²) in [7, 11) is -0.698. The third-order valence-corrected chi connectivity index (χ3v) is 7.74. The Labute approximate surface area is 185 Å². The number of piperazine rings is 1. The lowest BCUT2D eigenvalue weighted by molar-refractivity contribution is -0.116. The van der Waals surface area contributed by atoms with Gasteiger partial charge in [0.2, 0.25) is 15.9 Å². The number of carbonyl (C=O) groups excluding carboxylic acids is 1. The fourth-order valence-corrected chi connectivity index (χ4v) is 5.45. The van der Waals surface area contributed by atoms with Gasteiger partial charge in [0.05, 0.1) is 24.7 Å². The third-order valence-electron chi connectivity index (χ3n) is 5.02. The van der Waals surface area contributed by atoms with E-state index in [0.29, 0.717) is 54.8 Å². The standard InChI is InChI=1S/C20H24N4O5S2/c1-28-17-4-3-16(13-18(17)29-2)31(26,27)24-10-8-23(9-11-24)7-5-19(25)22-20-15(14-21)6-12-30-20/h3-4,6,12-13H,5,7-11H2,1-2H3,(H,22,25). The second kappa shape index (κ2) is 10.1. The molecule has 1 aliphatic heterocycles. The maximum absolute atomic E-state index is 13.0. The Morgan fingerprint density at radius 2 is 1.87 bits per heavy atom. The number of methoxy groups -OCH3 is 2. The second-order valence-corrected chi connectivity index (χ2v) is 9.69. The van der Waals surface area contributed by atoms with Crippen molar-refractivity contribution in [2.24, 2.45) is 0 Å². The Kier molecular flexibility index (Phi) is 7.50. The van der Waals surface area contributed by atoms with E-state index in [1.807, 2.05) is 6.07 Å². The van der Waals surface area contributed by atoms with Crippen LogP contribution in [0.1, 0.15) is 12.0 Å². The number of carbonyl (C=O) groups is 1. The van der Waals surface area contributed by atoms with Gasteiger partial charge in [-0.05, 0) is 23.6 Å². The van der Waals surface area contributed by atoms with Crippen molar-refractivity contribution in [2.75, 3.05) is 52.3 Å². The zero-order valence-corrected chi connectivity index (χ0v) is 19.0. The van der Waals surface area contributed by atoms with Crippen LogP contribution in [0, 0.1) is 11.3 Å². The van der Waals surface area contributed by atoms with E-state index in [4.69, 9.17) is 14.7 Å². The Balaban J connectivity index is 1.53. The third kappa shape index (κ3) is 5.34. The molecule has 0 saturated carbocycles. The number of hydrogen-bond donors (Lipinski definition) is 1. The minimum atomic E-state index is -3.65. The van der Waals surface area contributed by atoms with Gasteiger partial charge in [0, 0.05) is 45.2 Å². The summed E-state index contributed by atoms with van der Waals surface area (Å²) in [4.78, 5) is 14.4. The lowest BCUT2D eigenvalue weighted by atomic mass is 10.3. The van der Waals surface area contributed by atoms with Crippen molar-refractivity contribution in [3.8, 4) is 17.6 Å². The van der Waals surface area contributed by atoms with Crippen LogP contribution >= 0.6 is 11.3 Å². The zero-order valence-electron chi connectivity index (χ0n) is 17.3. The molecule has 1 amide bonds. The molecule has 2 heterocycles. The molecule has 11 heteroatoms. The first kappa shape index (κ1) is 23.0. The summed E-state index contributed by atoms with van der Waals surface area (Å²) in [5.74, 6) is 0.659. The smallest absolute Gasteiger partial charge is 0.243 e. The van der Waals surface area contributed by atoms with Gasteiger partial charge >= 0.3 is 0 Å². The number of amides is 1. The molecule has 3 rings (SSSR count). The van der Waals surface area contributed by atoms with Gasteiger partial charge in [0.25, 0.3) is 0 Å². The number of anilines is 1. The van der Waals surface area contributed by atoms with Crippen molar-refractivity contribution in [3.05, 3.63) is 35.2 Å². The van der Waals surface area contributed by atoms with Crippen LogP contribution in [0.5, 0.6) is 11.5 Å². The van der Waals surface area contributed by atoms with Crippen molar-refractivity contribution in [3.63, 3.8) is 0 Å². The number of ether oxygens (including phenoxy) is 2. The predicted molar refractivity (Wildman–Crippen MR) is 117 cm³/mol. The molecular formula is C20H24N4O5S2. The van der Waals surface area contributed by atoms with Crippen LogP contribution in [0.25, 0.3) is 0 Å². The summed E-state index contributed by atoms with van der Waals surface area (Å²) in [5, 5.41) is 14.1. The van der Waals surface area contributed by atoms with Crippen molar-refractivity contribution in [1.82, 2.24) is 9.21 Å². The number of benzene rings is 1. The average Bonchev–Trinajstić information content (AvgIpc) is 3.24. The monoisotopic (exact) mass is 464 g/mol. The molecule has 31 heavy (non-hydrogen) atoms. The fraction of sp³-hybridized carbons (Fsp3) is 0.400. The molecule has 0 radical (unpaired) electrons. The molecule has 0 unspecified atom stereocenters. The molecule has 166 valence electrons. The first-order valence-corrected chi connectivity index (χ1v) is 11.9. The molecule has 2 aromatic rings. The van der Waals surface area contributed by atoms with E-state index in [2.05, 4.69) is 10.2 Å². The summed E-state index contributed by atoms with van der Waals surface area (Å²) < 4.78 is 37.8. The van der Waals surface area contributed by atoms with Crippen LogP contribution in [0.2, 0.25) is 0 Å². The molecule has 1 aromatic heterocycles. The van der Waals surface area contributed by atoms with Gasteiger partial charge in [-0.2, -0.15) is 9.57 Å². The Bertz CT molecular complexity index is 1070. The van der Waals surface area contributed by atoms with E-state index in [1.165, 1.54) is 42.0 Å². The highest BCUT2D eigenvalue weighted by atomic mass is 32.2. The van der Waals surface area contributed by atoms with E-state index < -0.39 is 10.0 Å². The molecule has 1 fully saturated rings. The molecule has 0 spiro atoms. The highest BCUT2D eigenvalue weighted by molar-refractivity contribution is 7.89. The van der Waals surface area contributed by atoms with Crippen LogP contribution in [-0.2, 0) is 14.8 Å². The number of rotatable bonds is 8. The molecule has 1 saturated heterocycles. The predicted octanol–water partition coefficient (Wildman–Crippen LogP) is 1.97. The van der Waals surface area contributed by atoms with Crippen molar-refractivity contribution >= 4 is 32.3 Å². The number of nitrogens with one attached hydrogen (secondary N) is 1. The molecule has 1 aliphatic rings. The van der Waals surface area contributed by atoms with Crippen LogP contribution in [0.4, 0.5) is 5.00 Å². The number of nitrogens with zero attached hydrogens (tertiary/aromatic N) is 3. The fourth-order valence-electron chi connectivity index (χ4n) is 3.26. The second-order valence-electron chi connectivity index (χ2n) is 6.84. The highest BCUT2D eigenvalue weighted by Gasteiger charge is 2.29. The number of thiophene rings is 1. The van der Waals surface area contributed by atoms with Crippen LogP contribution < -0.4 is 14.8 Å². The quantitative estimate of drug-likeness (QED) is 0.636. The van der Waals surface area contributed by atoms with Crippen LogP contribution in [0.15, 0.2) is 34.5 Å². The topological polar surface area (TPSA) is 112 Å². The SMILES string of the molecule is COc1ccc(S(=O)(=O)N2CCN(CCC(=O)Nc3sccc3C#N)CC2)cc1OC. The molecule has 1 aromatic carbocycles. The largest absolute Gasteiger partial charge is 0.493 e. The van der Waals surface area contributed by atoms with E-state index in [9.17, 15) is 13.2 Å². The maximum atomic E-state index is 13.0. The van der Waals surface area contributed by atoms with E-state index >= 15 is 0 Å². The van der Waals surface area contributed by atoms with Crippen molar-refractivity contribution in [1.29, 1.82) is 5.26 Å². The Morgan fingerprint density at radius 3 is 2.52 bits per heavy atom. The number of sulfonamides is 1. The number of nitriles is 1. The summed E-state index contributed by atoms with van der Waals surface area (Å²) in [5.41, 5.74) is 0.451. The van der Waals surface area contributed by atoms with Gasteiger partial charge < -0.3 is 19.7 Å². The van der Waals surface area contributed by atoms with Crippen molar-refractivity contribution < 1.29 is 22.7 Å². The van der Waals surface area contributed by atoms with Gasteiger partial charge in [0.1, 0.15) is 11.1 Å². The molecule has 9 nitrogen and oxygen atoms in total. The van der Waals surface area contributed by atoms with Crippen LogP contribution in [-0.4, -0.2) is 70.5 Å².